The van der Waals surface area contributed by atoms with Crippen LogP contribution in [0.3, 0.4) is 0 Å². The van der Waals surface area contributed by atoms with Crippen molar-refractivity contribution in [1.82, 2.24) is 24.0 Å². The van der Waals surface area contributed by atoms with Crippen LogP contribution in [0.25, 0.3) is 22.8 Å². The molecular formula is C20H25N5O3. The Labute approximate surface area is 163 Å². The average molecular weight is 383 g/mol. The van der Waals surface area contributed by atoms with Crippen LogP contribution in [0.1, 0.15) is 13.8 Å². The van der Waals surface area contributed by atoms with E-state index in [1.807, 2.05) is 24.3 Å². The number of hydrogen-bond acceptors (Lipinski definition) is 6. The van der Waals surface area contributed by atoms with Crippen molar-refractivity contribution in [3.63, 3.8) is 0 Å². The van der Waals surface area contributed by atoms with Crippen LogP contribution in [0, 0.1) is 0 Å². The molecule has 0 amide bonds. The summed E-state index contributed by atoms with van der Waals surface area (Å²) in [7, 11) is 3.14. The second kappa shape index (κ2) is 8.35. The fourth-order valence-electron chi connectivity index (χ4n) is 2.99. The molecule has 0 atom stereocenters. The Bertz CT molecular complexity index is 1040. The summed E-state index contributed by atoms with van der Waals surface area (Å²) >= 11 is 0. The molecule has 148 valence electrons. The third kappa shape index (κ3) is 3.96. The van der Waals surface area contributed by atoms with Gasteiger partial charge < -0.3 is 14.2 Å². The van der Waals surface area contributed by atoms with E-state index in [9.17, 15) is 9.59 Å². The summed E-state index contributed by atoms with van der Waals surface area (Å²) in [5.41, 5.74) is 0.600. The minimum absolute atomic E-state index is 0.168. The van der Waals surface area contributed by atoms with Gasteiger partial charge in [0.1, 0.15) is 12.4 Å². The summed E-state index contributed by atoms with van der Waals surface area (Å²) in [6.07, 6.45) is 1.75. The maximum atomic E-state index is 12.4. The normalized spacial score (nSPS) is 11.3. The third-order valence-electron chi connectivity index (χ3n) is 4.81. The summed E-state index contributed by atoms with van der Waals surface area (Å²) < 4.78 is 8.42. The Balaban J connectivity index is 1.84. The molecule has 1 aromatic rings. The molecular weight excluding hydrogens is 358 g/mol. The van der Waals surface area contributed by atoms with Crippen LogP contribution in [-0.2, 0) is 14.1 Å². The largest absolute Gasteiger partial charge is 0.492 e. The van der Waals surface area contributed by atoms with Crippen molar-refractivity contribution in [2.24, 2.45) is 14.1 Å². The molecule has 3 rings (SSSR count). The van der Waals surface area contributed by atoms with Gasteiger partial charge in [-0.2, -0.15) is 4.98 Å². The van der Waals surface area contributed by atoms with Gasteiger partial charge in [-0.1, -0.05) is 13.8 Å². The van der Waals surface area contributed by atoms with Crippen molar-refractivity contribution >= 4 is 0 Å². The number of ether oxygens (including phenoxy) is 1. The Morgan fingerprint density at radius 3 is 2.36 bits per heavy atom. The Morgan fingerprint density at radius 2 is 1.71 bits per heavy atom. The number of fused-ring (bicyclic) bond motifs is 1. The lowest BCUT2D eigenvalue weighted by molar-refractivity contribution is 0.223. The number of likely N-dealkylation sites (N-methyl/N-ethyl adjacent to an activating group) is 1. The van der Waals surface area contributed by atoms with Gasteiger partial charge in [-0.3, -0.25) is 9.36 Å². The van der Waals surface area contributed by atoms with Crippen LogP contribution < -0.4 is 16.0 Å². The number of aryl methyl sites for hydroxylation is 1. The van der Waals surface area contributed by atoms with Crippen LogP contribution in [0.5, 0.6) is 5.75 Å². The molecule has 8 nitrogen and oxygen atoms in total. The molecule has 0 saturated heterocycles. The smallest absolute Gasteiger partial charge is 0.352 e. The molecule has 0 aliphatic carbocycles. The van der Waals surface area contributed by atoms with Gasteiger partial charge in [-0.05, 0) is 37.4 Å². The highest BCUT2D eigenvalue weighted by Gasteiger charge is 2.18. The van der Waals surface area contributed by atoms with Crippen LogP contribution in [-0.4, -0.2) is 50.2 Å². The molecule has 0 bridgehead atoms. The first kappa shape index (κ1) is 19.8. The van der Waals surface area contributed by atoms with Gasteiger partial charge in [0.2, 0.25) is 0 Å². The fraction of sp³-hybridized carbons (Fsp3) is 0.400. The second-order valence-corrected chi connectivity index (χ2v) is 6.57. The lowest BCUT2D eigenvalue weighted by atomic mass is 10.1. The molecule has 2 aliphatic rings. The van der Waals surface area contributed by atoms with Gasteiger partial charge >= 0.3 is 5.69 Å². The quantitative estimate of drug-likeness (QED) is 0.613. The number of aromatic nitrogens is 4. The Morgan fingerprint density at radius 1 is 1.04 bits per heavy atom. The molecule has 1 aromatic carbocycles. The zero-order chi connectivity index (χ0) is 20.3. The number of rotatable bonds is 7. The standard InChI is InChI=1S/C20H25N5O3/c1-5-25(6-2)11-12-28-15-9-7-14(8-10-15)16-13-23(3)18-17(21-16)19(26)24(4)20(27)22-18/h7-10,13H,5-6,11-12H2,1-4H3. The average Bonchev–Trinajstić information content (AvgIpc) is 2.71. The van der Waals surface area contributed by atoms with Crippen molar-refractivity contribution in [1.29, 1.82) is 0 Å². The first-order chi connectivity index (χ1) is 13.4. The molecule has 0 radical (unpaired) electrons. The van der Waals surface area contributed by atoms with Crippen molar-refractivity contribution in [2.75, 3.05) is 26.2 Å². The van der Waals surface area contributed by atoms with E-state index in [0.29, 0.717) is 12.3 Å². The molecule has 0 unspecified atom stereocenters. The lowest BCUT2D eigenvalue weighted by Crippen LogP contribution is -2.36. The maximum Gasteiger partial charge on any atom is 0.352 e. The van der Waals surface area contributed by atoms with E-state index >= 15 is 0 Å². The van der Waals surface area contributed by atoms with E-state index in [-0.39, 0.29) is 11.5 Å². The summed E-state index contributed by atoms with van der Waals surface area (Å²) in [4.78, 5) is 34.8. The van der Waals surface area contributed by atoms with Crippen molar-refractivity contribution in [3.8, 4) is 28.5 Å². The minimum Gasteiger partial charge on any atom is -0.492 e. The predicted molar refractivity (Wildman–Crippen MR) is 108 cm³/mol. The summed E-state index contributed by atoms with van der Waals surface area (Å²) in [5, 5.41) is 0. The highest BCUT2D eigenvalue weighted by atomic mass is 16.5. The summed E-state index contributed by atoms with van der Waals surface area (Å²) in [5.74, 6) is 1.06. The van der Waals surface area contributed by atoms with E-state index in [1.54, 1.807) is 17.8 Å². The zero-order valence-corrected chi connectivity index (χ0v) is 16.7. The minimum atomic E-state index is -0.589. The topological polar surface area (TPSA) is 82.2 Å². The molecule has 0 fully saturated rings. The van der Waals surface area contributed by atoms with Gasteiger partial charge in [0.15, 0.2) is 11.5 Å². The van der Waals surface area contributed by atoms with Gasteiger partial charge in [0.05, 0.1) is 5.69 Å². The van der Waals surface area contributed by atoms with Crippen LogP contribution in [0.15, 0.2) is 40.1 Å². The van der Waals surface area contributed by atoms with Crippen LogP contribution >= 0.6 is 0 Å². The highest BCUT2D eigenvalue weighted by Crippen LogP contribution is 2.23. The number of hydrogen-bond donors (Lipinski definition) is 0. The van der Waals surface area contributed by atoms with E-state index in [4.69, 9.17) is 4.74 Å². The third-order valence-corrected chi connectivity index (χ3v) is 4.81. The molecule has 0 saturated carbocycles. The Kier molecular flexibility index (Phi) is 5.89. The lowest BCUT2D eigenvalue weighted by Gasteiger charge is -2.18. The van der Waals surface area contributed by atoms with Gasteiger partial charge in [-0.15, -0.1) is 0 Å². The van der Waals surface area contributed by atoms with E-state index in [1.165, 1.54) is 7.05 Å². The zero-order valence-electron chi connectivity index (χ0n) is 16.7. The van der Waals surface area contributed by atoms with Crippen molar-refractivity contribution in [3.05, 3.63) is 51.3 Å². The van der Waals surface area contributed by atoms with Crippen molar-refractivity contribution in [2.45, 2.75) is 13.8 Å². The molecule has 2 aliphatic heterocycles. The SMILES string of the molecule is CCN(CC)CCOc1ccc(-c2cn(C)c3nc(=O)n(C)c(=O)c-3n2)cc1. The highest BCUT2D eigenvalue weighted by molar-refractivity contribution is 5.63. The molecule has 0 N–H and O–H groups in total. The molecule has 0 spiro atoms. The van der Waals surface area contributed by atoms with Crippen LogP contribution in [0.4, 0.5) is 0 Å². The van der Waals surface area contributed by atoms with E-state index in [0.717, 1.165) is 35.5 Å². The molecule has 28 heavy (non-hydrogen) atoms. The van der Waals surface area contributed by atoms with E-state index < -0.39 is 11.2 Å². The van der Waals surface area contributed by atoms with Crippen molar-refractivity contribution < 1.29 is 4.74 Å². The van der Waals surface area contributed by atoms with Gasteiger partial charge in [0.25, 0.3) is 5.56 Å². The predicted octanol–water partition coefficient (Wildman–Crippen LogP) is 1.37. The molecule has 2 heterocycles. The van der Waals surface area contributed by atoms with Crippen LogP contribution in [0.2, 0.25) is 0 Å². The van der Waals surface area contributed by atoms with Gasteiger partial charge in [0, 0.05) is 32.4 Å². The first-order valence-corrected chi connectivity index (χ1v) is 9.34. The molecule has 0 aromatic heterocycles. The number of nitrogens with zero attached hydrogens (tertiary/aromatic N) is 5. The number of benzene rings is 1. The monoisotopic (exact) mass is 383 g/mol. The van der Waals surface area contributed by atoms with E-state index in [2.05, 4.69) is 28.7 Å². The molecule has 8 heteroatoms. The second-order valence-electron chi connectivity index (χ2n) is 6.57. The summed E-state index contributed by atoms with van der Waals surface area (Å²) in [6.45, 7) is 7.79. The Hall–Kier alpha value is -3.00. The first-order valence-electron chi connectivity index (χ1n) is 9.34. The summed E-state index contributed by atoms with van der Waals surface area (Å²) in [6, 6.07) is 7.59. The van der Waals surface area contributed by atoms with Gasteiger partial charge in [-0.25, -0.2) is 9.78 Å². The maximum absolute atomic E-state index is 12.4. The fourth-order valence-corrected chi connectivity index (χ4v) is 2.99.